The van der Waals surface area contributed by atoms with Crippen LogP contribution in [0.2, 0.25) is 0 Å². The lowest BCUT2D eigenvalue weighted by Gasteiger charge is -2.23. The van der Waals surface area contributed by atoms with Gasteiger partial charge in [-0.05, 0) is 43.3 Å². The van der Waals surface area contributed by atoms with Crippen molar-refractivity contribution >= 4 is 29.3 Å². The molecule has 1 amide bonds. The molecule has 8 nitrogen and oxygen atoms in total. The average Bonchev–Trinajstić information content (AvgIpc) is 3.25. The molecule has 0 saturated carbocycles. The number of methoxy groups -OCH3 is 1. The molecule has 0 aliphatic carbocycles. The first-order chi connectivity index (χ1) is 14.5. The van der Waals surface area contributed by atoms with E-state index in [1.54, 1.807) is 38.3 Å². The Morgan fingerprint density at radius 3 is 2.73 bits per heavy atom. The maximum atomic E-state index is 12.4. The van der Waals surface area contributed by atoms with Crippen LogP contribution in [0, 0.1) is 0 Å². The van der Waals surface area contributed by atoms with Crippen LogP contribution < -0.4 is 10.1 Å². The zero-order valence-electron chi connectivity index (χ0n) is 16.3. The molecule has 2 aromatic carbocycles. The molecule has 1 aliphatic heterocycles. The van der Waals surface area contributed by atoms with Gasteiger partial charge in [0.1, 0.15) is 5.75 Å². The number of hydrogen-bond acceptors (Lipinski definition) is 8. The zero-order chi connectivity index (χ0) is 21.1. The van der Waals surface area contributed by atoms with E-state index in [2.05, 4.69) is 15.5 Å². The highest BCUT2D eigenvalue weighted by Gasteiger charge is 2.30. The van der Waals surface area contributed by atoms with Gasteiger partial charge in [-0.15, -0.1) is 22.0 Å². The molecule has 154 valence electrons. The molecule has 0 unspecified atom stereocenters. The smallest absolute Gasteiger partial charge is 0.308 e. The number of nitrogens with zero attached hydrogens (tertiary/aromatic N) is 2. The lowest BCUT2D eigenvalue weighted by atomic mass is 10.2. The van der Waals surface area contributed by atoms with Crippen LogP contribution in [0.15, 0.2) is 57.8 Å². The summed E-state index contributed by atoms with van der Waals surface area (Å²) in [6.45, 7) is 1.65. The van der Waals surface area contributed by atoms with E-state index >= 15 is 0 Å². The molecule has 4 rings (SSSR count). The first kappa shape index (κ1) is 20.0. The van der Waals surface area contributed by atoms with Crippen molar-refractivity contribution in [2.75, 3.05) is 12.4 Å². The fourth-order valence-electron chi connectivity index (χ4n) is 2.92. The number of anilines is 1. The van der Waals surface area contributed by atoms with Crippen LogP contribution >= 0.6 is 11.8 Å². The van der Waals surface area contributed by atoms with E-state index in [0.29, 0.717) is 11.6 Å². The number of esters is 1. The quantitative estimate of drug-likeness (QED) is 0.594. The van der Waals surface area contributed by atoms with E-state index in [9.17, 15) is 9.59 Å². The molecule has 2 atom stereocenters. The van der Waals surface area contributed by atoms with E-state index < -0.39 is 17.3 Å². The fourth-order valence-corrected chi connectivity index (χ4v) is 4.02. The summed E-state index contributed by atoms with van der Waals surface area (Å²) >= 11 is 1.35. The number of hydrogen-bond donors (Lipinski definition) is 1. The molecule has 1 aliphatic rings. The lowest BCUT2D eigenvalue weighted by molar-refractivity contribution is -0.150. The Bertz CT molecular complexity index is 1070. The summed E-state index contributed by atoms with van der Waals surface area (Å²) in [5.41, 5.74) is 1.48. The minimum absolute atomic E-state index is 0.0609. The van der Waals surface area contributed by atoms with Crippen molar-refractivity contribution < 1.29 is 23.5 Å². The summed E-state index contributed by atoms with van der Waals surface area (Å²) in [5.74, 6) is 0.476. The summed E-state index contributed by atoms with van der Waals surface area (Å²) in [5, 5.41) is 10.2. The van der Waals surface area contributed by atoms with Crippen LogP contribution in [-0.2, 0) is 14.3 Å². The molecule has 9 heteroatoms. The maximum absolute atomic E-state index is 12.4. The highest BCUT2D eigenvalue weighted by atomic mass is 32.2. The minimum atomic E-state index is -0.735. The topological polar surface area (TPSA) is 104 Å². The molecule has 0 spiro atoms. The number of aromatic nitrogens is 2. The van der Waals surface area contributed by atoms with Gasteiger partial charge in [0, 0.05) is 10.5 Å². The third-order valence-electron chi connectivity index (χ3n) is 4.49. The monoisotopic (exact) mass is 425 g/mol. The first-order valence-electron chi connectivity index (χ1n) is 9.27. The number of carbonyl (C=O) groups excluding carboxylic acids is 2. The first-order valence-corrected chi connectivity index (χ1v) is 10.2. The Hall–Kier alpha value is -3.33. The van der Waals surface area contributed by atoms with Crippen molar-refractivity contribution in [3.05, 3.63) is 54.4 Å². The van der Waals surface area contributed by atoms with Crippen molar-refractivity contribution in [1.29, 1.82) is 0 Å². The standard InChI is InChI=1S/C21H19N3O5S/c1-12(20-23-24-21(29-20)13-7-9-14(27-2)10-8-13)28-18(25)11-17-19(26)22-15-5-3-4-6-16(15)30-17/h3-10,12,17H,11H2,1-2H3,(H,22,26)/t12-,17-/m0/s1. The number of amides is 1. The van der Waals surface area contributed by atoms with E-state index in [1.165, 1.54) is 11.8 Å². The number of benzene rings is 2. The van der Waals surface area contributed by atoms with Crippen LogP contribution in [0.25, 0.3) is 11.5 Å². The van der Waals surface area contributed by atoms with Crippen LogP contribution in [-0.4, -0.2) is 34.4 Å². The van der Waals surface area contributed by atoms with Gasteiger partial charge in [0.15, 0.2) is 6.10 Å². The van der Waals surface area contributed by atoms with Gasteiger partial charge in [-0.2, -0.15) is 0 Å². The van der Waals surface area contributed by atoms with Crippen LogP contribution in [0.5, 0.6) is 5.75 Å². The van der Waals surface area contributed by atoms with Crippen molar-refractivity contribution in [2.45, 2.75) is 29.6 Å². The molecule has 2 heterocycles. The van der Waals surface area contributed by atoms with E-state index in [0.717, 1.165) is 16.1 Å². The highest BCUT2D eigenvalue weighted by molar-refractivity contribution is 8.01. The second-order valence-electron chi connectivity index (χ2n) is 6.60. The average molecular weight is 425 g/mol. The normalized spacial score (nSPS) is 16.3. The zero-order valence-corrected chi connectivity index (χ0v) is 17.1. The van der Waals surface area contributed by atoms with Gasteiger partial charge in [0.25, 0.3) is 5.89 Å². The van der Waals surface area contributed by atoms with Crippen molar-refractivity contribution in [1.82, 2.24) is 10.2 Å². The molecule has 0 saturated heterocycles. The molecule has 3 aromatic rings. The highest BCUT2D eigenvalue weighted by Crippen LogP contribution is 2.37. The van der Waals surface area contributed by atoms with Crippen LogP contribution in [0.1, 0.15) is 25.3 Å². The Kier molecular flexibility index (Phi) is 5.71. The summed E-state index contributed by atoms with van der Waals surface area (Å²) in [6.07, 6.45) is -0.796. The summed E-state index contributed by atoms with van der Waals surface area (Å²) in [7, 11) is 1.59. The number of ether oxygens (including phenoxy) is 2. The van der Waals surface area contributed by atoms with Gasteiger partial charge in [-0.25, -0.2) is 0 Å². The number of para-hydroxylation sites is 1. The minimum Gasteiger partial charge on any atom is -0.497 e. The summed E-state index contributed by atoms with van der Waals surface area (Å²) < 4.78 is 16.2. The Labute approximate surface area is 177 Å². The van der Waals surface area contributed by atoms with Crippen LogP contribution in [0.4, 0.5) is 5.69 Å². The largest absolute Gasteiger partial charge is 0.497 e. The van der Waals surface area contributed by atoms with Gasteiger partial charge in [-0.3, -0.25) is 9.59 Å². The molecule has 1 aromatic heterocycles. The molecule has 30 heavy (non-hydrogen) atoms. The van der Waals surface area contributed by atoms with Gasteiger partial charge < -0.3 is 19.2 Å². The van der Waals surface area contributed by atoms with Crippen molar-refractivity contribution in [2.24, 2.45) is 0 Å². The Balaban J connectivity index is 1.37. The molecule has 0 radical (unpaired) electrons. The Morgan fingerprint density at radius 1 is 1.20 bits per heavy atom. The number of carbonyl (C=O) groups is 2. The van der Waals surface area contributed by atoms with Crippen molar-refractivity contribution in [3.63, 3.8) is 0 Å². The number of nitrogens with one attached hydrogen (secondary N) is 1. The number of thioether (sulfide) groups is 1. The molecule has 1 N–H and O–H groups in total. The molecule has 0 fully saturated rings. The second-order valence-corrected chi connectivity index (χ2v) is 7.85. The van der Waals surface area contributed by atoms with E-state index in [4.69, 9.17) is 13.9 Å². The molecular weight excluding hydrogens is 406 g/mol. The second kappa shape index (κ2) is 8.58. The third-order valence-corrected chi connectivity index (χ3v) is 5.77. The van der Waals surface area contributed by atoms with Gasteiger partial charge >= 0.3 is 5.97 Å². The van der Waals surface area contributed by atoms with E-state index in [1.807, 2.05) is 24.3 Å². The fraction of sp³-hybridized carbons (Fsp3) is 0.238. The summed E-state index contributed by atoms with van der Waals surface area (Å²) in [4.78, 5) is 25.6. The lowest BCUT2D eigenvalue weighted by Crippen LogP contribution is -2.31. The van der Waals surface area contributed by atoms with E-state index in [-0.39, 0.29) is 18.2 Å². The predicted molar refractivity (Wildman–Crippen MR) is 110 cm³/mol. The van der Waals surface area contributed by atoms with Gasteiger partial charge in [0.2, 0.25) is 11.8 Å². The third kappa shape index (κ3) is 4.30. The summed E-state index contributed by atoms with van der Waals surface area (Å²) in [6, 6.07) is 14.6. The molecular formula is C21H19N3O5S. The van der Waals surface area contributed by atoms with Gasteiger partial charge in [0.05, 0.1) is 24.5 Å². The Morgan fingerprint density at radius 2 is 1.97 bits per heavy atom. The predicted octanol–water partition coefficient (Wildman–Crippen LogP) is 3.85. The maximum Gasteiger partial charge on any atom is 0.308 e. The SMILES string of the molecule is COc1ccc(-c2nnc([C@H](C)OC(=O)C[C@@H]3Sc4ccccc4NC3=O)o2)cc1. The number of fused-ring (bicyclic) bond motifs is 1. The number of rotatable bonds is 6. The van der Waals surface area contributed by atoms with Gasteiger partial charge in [-0.1, -0.05) is 12.1 Å². The van der Waals surface area contributed by atoms with Crippen molar-refractivity contribution in [3.8, 4) is 17.2 Å². The molecule has 0 bridgehead atoms. The van der Waals surface area contributed by atoms with Crippen LogP contribution in [0.3, 0.4) is 0 Å².